The predicted molar refractivity (Wildman–Crippen MR) is 112 cm³/mol. The zero-order valence-corrected chi connectivity index (χ0v) is 16.9. The fourth-order valence-corrected chi connectivity index (χ4v) is 3.75. The van der Waals surface area contributed by atoms with Gasteiger partial charge in [0.25, 0.3) is 0 Å². The molecule has 0 radical (unpaired) electrons. The molecule has 1 fully saturated rings. The molecule has 2 atom stereocenters. The van der Waals surface area contributed by atoms with E-state index in [0.717, 1.165) is 31.0 Å². The number of hydrogen-bond acceptors (Lipinski definition) is 4. The first-order valence-corrected chi connectivity index (χ1v) is 10.0. The van der Waals surface area contributed by atoms with E-state index in [4.69, 9.17) is 16.3 Å². The second-order valence-corrected chi connectivity index (χ2v) is 7.82. The number of rotatable bonds is 8. The molecule has 1 heterocycles. The van der Waals surface area contributed by atoms with Gasteiger partial charge in [-0.1, -0.05) is 35.9 Å². The zero-order chi connectivity index (χ0) is 19.9. The first-order valence-electron chi connectivity index (χ1n) is 9.64. The third-order valence-electron chi connectivity index (χ3n) is 4.91. The Morgan fingerprint density at radius 3 is 2.79 bits per heavy atom. The van der Waals surface area contributed by atoms with Gasteiger partial charge in [0.2, 0.25) is 5.91 Å². The minimum absolute atomic E-state index is 0.152. The van der Waals surface area contributed by atoms with E-state index in [1.54, 1.807) is 12.1 Å². The number of ether oxygens (including phenoxy) is 1. The number of amides is 1. The van der Waals surface area contributed by atoms with Crippen LogP contribution in [0.2, 0.25) is 5.02 Å². The fourth-order valence-electron chi connectivity index (χ4n) is 3.62. The van der Waals surface area contributed by atoms with Crippen molar-refractivity contribution in [3.63, 3.8) is 0 Å². The summed E-state index contributed by atoms with van der Waals surface area (Å²) in [6.45, 7) is 4.19. The second kappa shape index (κ2) is 9.92. The van der Waals surface area contributed by atoms with Crippen LogP contribution in [0.15, 0.2) is 48.5 Å². The molecule has 150 valence electrons. The molecule has 1 amide bonds. The number of anilines is 1. The van der Waals surface area contributed by atoms with Gasteiger partial charge in [-0.2, -0.15) is 0 Å². The number of likely N-dealkylation sites (tertiary alicyclic amines) is 1. The van der Waals surface area contributed by atoms with Crippen LogP contribution in [0.1, 0.15) is 18.9 Å². The van der Waals surface area contributed by atoms with Crippen LogP contribution >= 0.6 is 11.6 Å². The van der Waals surface area contributed by atoms with Gasteiger partial charge in [0.05, 0.1) is 5.69 Å². The smallest absolute Gasteiger partial charge is 0.221 e. The van der Waals surface area contributed by atoms with E-state index in [9.17, 15) is 9.90 Å². The minimum atomic E-state index is -0.584. The SMILES string of the molecule is CC(=O)Nc1ccccc1OC[C@H](O)CN1CC[C@@H](Cc2ccc(Cl)cc2)C1. The van der Waals surface area contributed by atoms with Crippen LogP contribution < -0.4 is 10.1 Å². The highest BCUT2D eigenvalue weighted by molar-refractivity contribution is 6.30. The summed E-state index contributed by atoms with van der Waals surface area (Å²) < 4.78 is 5.74. The molecule has 2 aromatic rings. The van der Waals surface area contributed by atoms with Gasteiger partial charge in [-0.15, -0.1) is 0 Å². The minimum Gasteiger partial charge on any atom is -0.489 e. The van der Waals surface area contributed by atoms with Crippen LogP contribution in [-0.2, 0) is 11.2 Å². The van der Waals surface area contributed by atoms with Crippen LogP contribution in [0.5, 0.6) is 5.75 Å². The summed E-state index contributed by atoms with van der Waals surface area (Å²) in [6, 6.07) is 15.3. The highest BCUT2D eigenvalue weighted by Gasteiger charge is 2.24. The molecule has 1 saturated heterocycles. The largest absolute Gasteiger partial charge is 0.489 e. The van der Waals surface area contributed by atoms with E-state index in [0.29, 0.717) is 23.9 Å². The van der Waals surface area contributed by atoms with Crippen molar-refractivity contribution >= 4 is 23.2 Å². The van der Waals surface area contributed by atoms with Crippen molar-refractivity contribution in [2.75, 3.05) is 31.6 Å². The average Bonchev–Trinajstić information content (AvgIpc) is 3.09. The van der Waals surface area contributed by atoms with Crippen LogP contribution in [0.25, 0.3) is 0 Å². The lowest BCUT2D eigenvalue weighted by Crippen LogP contribution is -2.34. The molecule has 28 heavy (non-hydrogen) atoms. The number of nitrogens with one attached hydrogen (secondary N) is 1. The summed E-state index contributed by atoms with van der Waals surface area (Å²) in [5.74, 6) is 1.01. The number of aliphatic hydroxyl groups is 1. The number of nitrogens with zero attached hydrogens (tertiary/aromatic N) is 1. The summed E-state index contributed by atoms with van der Waals surface area (Å²) in [6.07, 6.45) is 1.58. The van der Waals surface area contributed by atoms with Gasteiger partial charge in [-0.05, 0) is 55.1 Å². The van der Waals surface area contributed by atoms with Crippen molar-refractivity contribution in [3.8, 4) is 5.75 Å². The highest BCUT2D eigenvalue weighted by atomic mass is 35.5. The molecule has 0 spiro atoms. The van der Waals surface area contributed by atoms with Crippen LogP contribution in [0.4, 0.5) is 5.69 Å². The molecule has 2 N–H and O–H groups in total. The van der Waals surface area contributed by atoms with E-state index in [2.05, 4.69) is 22.3 Å². The maximum atomic E-state index is 11.3. The quantitative estimate of drug-likeness (QED) is 0.708. The fraction of sp³-hybridized carbons (Fsp3) is 0.409. The van der Waals surface area contributed by atoms with E-state index in [1.807, 2.05) is 24.3 Å². The lowest BCUT2D eigenvalue weighted by molar-refractivity contribution is -0.114. The monoisotopic (exact) mass is 402 g/mol. The standard InChI is InChI=1S/C22H27ClN2O3/c1-16(26)24-21-4-2-3-5-22(21)28-15-20(27)14-25-11-10-18(13-25)12-17-6-8-19(23)9-7-17/h2-9,18,20,27H,10-15H2,1H3,(H,24,26)/t18-,20+/m0/s1. The Bertz CT molecular complexity index is 782. The van der Waals surface area contributed by atoms with Crippen LogP contribution in [0.3, 0.4) is 0 Å². The zero-order valence-electron chi connectivity index (χ0n) is 16.1. The van der Waals surface area contributed by atoms with Crippen molar-refractivity contribution in [2.24, 2.45) is 5.92 Å². The van der Waals surface area contributed by atoms with E-state index in [-0.39, 0.29) is 12.5 Å². The summed E-state index contributed by atoms with van der Waals surface area (Å²) in [5.41, 5.74) is 1.92. The number of halogens is 1. The molecular weight excluding hydrogens is 376 g/mol. The lowest BCUT2D eigenvalue weighted by atomic mass is 9.99. The summed E-state index contributed by atoms with van der Waals surface area (Å²) >= 11 is 5.95. The molecule has 0 aromatic heterocycles. The molecule has 1 aliphatic rings. The third-order valence-corrected chi connectivity index (χ3v) is 5.16. The molecular formula is C22H27ClN2O3. The van der Waals surface area contributed by atoms with Gasteiger partial charge in [-0.3, -0.25) is 4.79 Å². The topological polar surface area (TPSA) is 61.8 Å². The van der Waals surface area contributed by atoms with E-state index >= 15 is 0 Å². The highest BCUT2D eigenvalue weighted by Crippen LogP contribution is 2.25. The van der Waals surface area contributed by atoms with Crippen LogP contribution in [0, 0.1) is 5.92 Å². The van der Waals surface area contributed by atoms with Gasteiger partial charge in [0.15, 0.2) is 0 Å². The summed E-state index contributed by atoms with van der Waals surface area (Å²) in [7, 11) is 0. The molecule has 0 aliphatic carbocycles. The lowest BCUT2D eigenvalue weighted by Gasteiger charge is -2.21. The molecule has 0 unspecified atom stereocenters. The van der Waals surface area contributed by atoms with Gasteiger partial charge < -0.3 is 20.1 Å². The Morgan fingerprint density at radius 1 is 1.29 bits per heavy atom. The second-order valence-electron chi connectivity index (χ2n) is 7.39. The first kappa shape index (κ1) is 20.6. The molecule has 6 heteroatoms. The third kappa shape index (κ3) is 6.23. The number of carbonyl (C=O) groups excluding carboxylic acids is 1. The van der Waals surface area contributed by atoms with Crippen molar-refractivity contribution in [1.82, 2.24) is 4.90 Å². The maximum Gasteiger partial charge on any atom is 0.221 e. The number of para-hydroxylation sites is 2. The van der Waals surface area contributed by atoms with Gasteiger partial charge in [-0.25, -0.2) is 0 Å². The Hall–Kier alpha value is -2.08. The summed E-state index contributed by atoms with van der Waals surface area (Å²) in [5, 5.41) is 13.9. The number of aliphatic hydroxyl groups excluding tert-OH is 1. The summed E-state index contributed by atoms with van der Waals surface area (Å²) in [4.78, 5) is 13.6. The number of hydrogen-bond donors (Lipinski definition) is 2. The molecule has 0 bridgehead atoms. The normalized spacial score (nSPS) is 18.0. The molecule has 1 aliphatic heterocycles. The van der Waals surface area contributed by atoms with Crippen molar-refractivity contribution in [3.05, 3.63) is 59.1 Å². The Balaban J connectivity index is 1.44. The Kier molecular flexibility index (Phi) is 7.31. The Morgan fingerprint density at radius 2 is 2.04 bits per heavy atom. The molecule has 5 nitrogen and oxygen atoms in total. The molecule has 2 aromatic carbocycles. The van der Waals surface area contributed by atoms with Gasteiger partial charge in [0, 0.05) is 25.0 Å². The van der Waals surface area contributed by atoms with E-state index in [1.165, 1.54) is 12.5 Å². The molecule has 0 saturated carbocycles. The van der Waals surface area contributed by atoms with Crippen LogP contribution in [-0.4, -0.2) is 48.3 Å². The number of β-amino-alcohol motifs (C(OH)–C–C–N with tert-alkyl or cyclic N) is 1. The number of benzene rings is 2. The Labute approximate surface area is 171 Å². The van der Waals surface area contributed by atoms with Gasteiger partial charge in [0.1, 0.15) is 18.5 Å². The predicted octanol–water partition coefficient (Wildman–Crippen LogP) is 3.60. The van der Waals surface area contributed by atoms with Crippen molar-refractivity contribution in [1.29, 1.82) is 0 Å². The average molecular weight is 403 g/mol. The van der Waals surface area contributed by atoms with E-state index < -0.39 is 6.10 Å². The first-order chi connectivity index (χ1) is 13.5. The molecule has 3 rings (SSSR count). The van der Waals surface area contributed by atoms with Gasteiger partial charge >= 0.3 is 0 Å². The maximum absolute atomic E-state index is 11.3. The van der Waals surface area contributed by atoms with Crippen molar-refractivity contribution < 1.29 is 14.6 Å². The number of carbonyl (C=O) groups is 1. The van der Waals surface area contributed by atoms with Crippen molar-refractivity contribution in [2.45, 2.75) is 25.9 Å².